The fraction of sp³-hybridized carbons (Fsp3) is 0.333. The number of nitrogens with zero attached hydrogens (tertiary/aromatic N) is 3. The molecule has 0 bridgehead atoms. The average molecular weight is 628 g/mol. The van der Waals surface area contributed by atoms with Crippen LogP contribution < -0.4 is 10.4 Å². The highest BCUT2D eigenvalue weighted by molar-refractivity contribution is 7.90. The molecule has 13 heteroatoms. The number of aromatic nitrogens is 3. The van der Waals surface area contributed by atoms with Gasteiger partial charge < -0.3 is 24.5 Å². The molecule has 0 saturated carbocycles. The first-order valence-electron chi connectivity index (χ1n) is 13.5. The van der Waals surface area contributed by atoms with E-state index in [1.807, 2.05) is 23.1 Å². The van der Waals surface area contributed by atoms with Crippen molar-refractivity contribution in [2.45, 2.75) is 44.4 Å². The van der Waals surface area contributed by atoms with Crippen LogP contribution in [0.15, 0.2) is 66.6 Å². The normalized spacial score (nSPS) is 13.0. The Hall–Kier alpha value is -3.94. The lowest BCUT2D eigenvalue weighted by atomic mass is 9.97. The second-order valence-electron chi connectivity index (χ2n) is 10.3. The lowest BCUT2D eigenvalue weighted by Gasteiger charge is -2.21. The van der Waals surface area contributed by atoms with Crippen molar-refractivity contribution in [2.75, 3.05) is 12.0 Å². The molecule has 2 aromatic carbocycles. The first-order valence-corrected chi connectivity index (χ1v) is 16.4. The third-order valence-electron chi connectivity index (χ3n) is 6.87. The fourth-order valence-corrected chi connectivity index (χ4v) is 5.82. The standard InChI is InChI=1S/C30H33FN4O6S2/c1-35-19-32-17-24(35)16-27(29-33-12-13-42-29)41-18-21-4-8-22(7-3-20-5-9-23(31)10-6-20)25(15-21)28(36)34-26(30(37)38)11-14-43(2,39)40/h4-6,8-10,12-13,15,17,19,26-27H,3,7,11,14,16,18H2,1-2H3,(H,34,36)(H,37,38)/p-1/t26-,27?/m0/s1. The van der Waals surface area contributed by atoms with Gasteiger partial charge in [0, 0.05) is 48.8 Å². The summed E-state index contributed by atoms with van der Waals surface area (Å²) in [5.74, 6) is -3.03. The Kier molecular flexibility index (Phi) is 10.8. The summed E-state index contributed by atoms with van der Waals surface area (Å²) in [4.78, 5) is 33.7. The van der Waals surface area contributed by atoms with Crippen molar-refractivity contribution in [2.24, 2.45) is 7.05 Å². The summed E-state index contributed by atoms with van der Waals surface area (Å²) in [7, 11) is -1.57. The summed E-state index contributed by atoms with van der Waals surface area (Å²) >= 11 is 1.47. The Morgan fingerprint density at radius 2 is 1.88 bits per heavy atom. The van der Waals surface area contributed by atoms with Gasteiger partial charge in [0.25, 0.3) is 5.91 Å². The number of carbonyl (C=O) groups excluding carboxylic acids is 2. The number of rotatable bonds is 15. The number of hydrogen-bond acceptors (Lipinski definition) is 9. The summed E-state index contributed by atoms with van der Waals surface area (Å²) in [6, 6.07) is 9.80. The van der Waals surface area contributed by atoms with Crippen molar-refractivity contribution < 1.29 is 32.2 Å². The summed E-state index contributed by atoms with van der Waals surface area (Å²) in [6.45, 7) is 0.138. The molecule has 4 rings (SSSR count). The van der Waals surface area contributed by atoms with Crippen LogP contribution in [-0.4, -0.2) is 52.9 Å². The molecular weight excluding hydrogens is 595 g/mol. The zero-order chi connectivity index (χ0) is 31.0. The Morgan fingerprint density at radius 1 is 1.14 bits per heavy atom. The number of carbonyl (C=O) groups is 2. The second kappa shape index (κ2) is 14.5. The number of thiazole rings is 1. The lowest BCUT2D eigenvalue weighted by molar-refractivity contribution is -0.308. The Labute approximate surface area is 253 Å². The molecule has 2 aromatic heterocycles. The van der Waals surface area contributed by atoms with E-state index in [9.17, 15) is 27.5 Å². The summed E-state index contributed by atoms with van der Waals surface area (Å²) in [6.07, 6.45) is 6.91. The Balaban J connectivity index is 1.56. The molecule has 43 heavy (non-hydrogen) atoms. The summed E-state index contributed by atoms with van der Waals surface area (Å²) in [5, 5.41) is 16.8. The van der Waals surface area contributed by atoms with E-state index < -0.39 is 33.5 Å². The zero-order valence-corrected chi connectivity index (χ0v) is 25.4. The zero-order valence-electron chi connectivity index (χ0n) is 23.7. The van der Waals surface area contributed by atoms with Crippen molar-refractivity contribution in [1.82, 2.24) is 19.9 Å². The maximum Gasteiger partial charge on any atom is 0.252 e. The van der Waals surface area contributed by atoms with Gasteiger partial charge in [-0.05, 0) is 54.2 Å². The van der Waals surface area contributed by atoms with E-state index in [1.165, 1.54) is 23.5 Å². The van der Waals surface area contributed by atoms with Crippen LogP contribution in [0.3, 0.4) is 0 Å². The van der Waals surface area contributed by atoms with Gasteiger partial charge in [-0.3, -0.25) is 4.79 Å². The molecule has 0 aliphatic carbocycles. The van der Waals surface area contributed by atoms with Crippen LogP contribution in [0, 0.1) is 5.82 Å². The predicted octanol–water partition coefficient (Wildman–Crippen LogP) is 2.58. The number of aliphatic carboxylic acids is 1. The lowest BCUT2D eigenvalue weighted by Crippen LogP contribution is -2.48. The maximum absolute atomic E-state index is 13.4. The first-order chi connectivity index (χ1) is 20.5. The molecule has 0 saturated heterocycles. The van der Waals surface area contributed by atoms with Gasteiger partial charge in [-0.15, -0.1) is 11.3 Å². The largest absolute Gasteiger partial charge is 0.548 e. The molecule has 0 fully saturated rings. The third kappa shape index (κ3) is 9.53. The van der Waals surface area contributed by atoms with Crippen molar-refractivity contribution in [1.29, 1.82) is 0 Å². The molecule has 0 aliphatic rings. The van der Waals surface area contributed by atoms with Gasteiger partial charge in [0.15, 0.2) is 0 Å². The van der Waals surface area contributed by atoms with E-state index in [0.717, 1.165) is 22.5 Å². The van der Waals surface area contributed by atoms with Gasteiger partial charge in [0.2, 0.25) is 0 Å². The predicted molar refractivity (Wildman–Crippen MR) is 157 cm³/mol. The minimum atomic E-state index is -3.46. The van der Waals surface area contributed by atoms with Crippen LogP contribution in [0.25, 0.3) is 0 Å². The van der Waals surface area contributed by atoms with Crippen LogP contribution in [0.1, 0.15) is 50.3 Å². The number of sulfone groups is 1. The number of nitrogens with one attached hydrogen (secondary N) is 1. The van der Waals surface area contributed by atoms with Crippen molar-refractivity contribution in [3.05, 3.63) is 105 Å². The van der Waals surface area contributed by atoms with Crippen LogP contribution in [0.4, 0.5) is 4.39 Å². The van der Waals surface area contributed by atoms with E-state index in [0.29, 0.717) is 30.4 Å². The molecule has 4 aromatic rings. The number of carboxylic acids is 1. The molecule has 0 aliphatic heterocycles. The number of halogens is 1. The number of hydrogen-bond donors (Lipinski definition) is 1. The van der Waals surface area contributed by atoms with Gasteiger partial charge in [-0.1, -0.05) is 24.3 Å². The number of benzene rings is 2. The fourth-order valence-electron chi connectivity index (χ4n) is 4.47. The highest BCUT2D eigenvalue weighted by atomic mass is 32.2. The van der Waals surface area contributed by atoms with Crippen LogP contribution >= 0.6 is 11.3 Å². The maximum atomic E-state index is 13.4. The molecule has 0 radical (unpaired) electrons. The SMILES string of the molecule is Cn1cncc1CC(OCc1ccc(CCc2ccc(F)cc2)c(C(=O)N[C@@H](CCS(C)(=O)=O)C(=O)[O-])c1)c1nccs1. The van der Waals surface area contributed by atoms with Crippen molar-refractivity contribution in [3.8, 4) is 0 Å². The topological polar surface area (TPSA) is 143 Å². The van der Waals surface area contributed by atoms with Gasteiger partial charge in [0.05, 0.1) is 30.7 Å². The number of ether oxygens (including phenoxy) is 1. The van der Waals surface area contributed by atoms with E-state index in [4.69, 9.17) is 4.74 Å². The molecule has 1 unspecified atom stereocenters. The second-order valence-corrected chi connectivity index (χ2v) is 13.4. The molecule has 2 atom stereocenters. The molecule has 0 spiro atoms. The first kappa shape index (κ1) is 32.0. The van der Waals surface area contributed by atoms with E-state index in [-0.39, 0.29) is 30.5 Å². The molecular formula is C30H32FN4O6S2-. The minimum Gasteiger partial charge on any atom is -0.548 e. The highest BCUT2D eigenvalue weighted by Gasteiger charge is 2.21. The number of carboxylic acid groups (broad SMARTS) is 1. The van der Waals surface area contributed by atoms with Crippen molar-refractivity contribution in [3.63, 3.8) is 0 Å². The number of imidazole rings is 1. The quantitative estimate of drug-likeness (QED) is 0.212. The van der Waals surface area contributed by atoms with E-state index in [2.05, 4.69) is 15.3 Å². The van der Waals surface area contributed by atoms with Crippen LogP contribution in [0.2, 0.25) is 0 Å². The minimum absolute atomic E-state index is 0.138. The van der Waals surface area contributed by atoms with E-state index >= 15 is 0 Å². The monoisotopic (exact) mass is 627 g/mol. The van der Waals surface area contributed by atoms with Crippen LogP contribution in [0.5, 0.6) is 0 Å². The molecule has 1 N–H and O–H groups in total. The summed E-state index contributed by atoms with van der Waals surface area (Å²) < 4.78 is 44.8. The average Bonchev–Trinajstić information content (AvgIpc) is 3.64. The molecule has 1 amide bonds. The van der Waals surface area contributed by atoms with E-state index in [1.54, 1.807) is 43.0 Å². The Morgan fingerprint density at radius 3 is 2.51 bits per heavy atom. The van der Waals surface area contributed by atoms with Gasteiger partial charge >= 0.3 is 0 Å². The smallest absolute Gasteiger partial charge is 0.252 e. The van der Waals surface area contributed by atoms with Gasteiger partial charge in [-0.25, -0.2) is 22.8 Å². The number of amides is 1. The third-order valence-corrected chi connectivity index (χ3v) is 8.72. The summed E-state index contributed by atoms with van der Waals surface area (Å²) in [5.41, 5.74) is 3.35. The molecule has 228 valence electrons. The van der Waals surface area contributed by atoms with Gasteiger partial charge in [0.1, 0.15) is 26.8 Å². The Bertz CT molecular complexity index is 1640. The molecule has 10 nitrogen and oxygen atoms in total. The van der Waals surface area contributed by atoms with Gasteiger partial charge in [-0.2, -0.15) is 0 Å². The number of aryl methyl sites for hydroxylation is 3. The van der Waals surface area contributed by atoms with Crippen molar-refractivity contribution >= 4 is 33.1 Å². The van der Waals surface area contributed by atoms with Crippen LogP contribution in [-0.2, 0) is 52.3 Å². The highest BCUT2D eigenvalue weighted by Crippen LogP contribution is 2.26. The molecule has 2 heterocycles.